The van der Waals surface area contributed by atoms with Gasteiger partial charge in [0, 0.05) is 18.7 Å². The number of aliphatic carboxylic acids is 1. The fourth-order valence-corrected chi connectivity index (χ4v) is 2.84. The van der Waals surface area contributed by atoms with Crippen molar-refractivity contribution in [3.63, 3.8) is 0 Å². The highest BCUT2D eigenvalue weighted by Gasteiger charge is 2.38. The molecule has 1 heterocycles. The second kappa shape index (κ2) is 5.84. The maximum absolute atomic E-state index is 14.0. The lowest BCUT2D eigenvalue weighted by Gasteiger charge is -2.36. The van der Waals surface area contributed by atoms with Gasteiger partial charge in [-0.15, -0.1) is 0 Å². The van der Waals surface area contributed by atoms with Gasteiger partial charge in [0.1, 0.15) is 5.82 Å². The Morgan fingerprint density at radius 1 is 1.33 bits per heavy atom. The molecule has 1 N–H and O–H groups in total. The van der Waals surface area contributed by atoms with E-state index in [1.54, 1.807) is 36.9 Å². The summed E-state index contributed by atoms with van der Waals surface area (Å²) in [5.74, 6) is -2.04. The lowest BCUT2D eigenvalue weighted by molar-refractivity contribution is -0.147. The van der Waals surface area contributed by atoms with Crippen LogP contribution in [0.4, 0.5) is 4.39 Å². The van der Waals surface area contributed by atoms with Crippen LogP contribution in [0.25, 0.3) is 0 Å². The molecule has 1 fully saturated rings. The maximum Gasteiger partial charge on any atom is 0.308 e. The summed E-state index contributed by atoms with van der Waals surface area (Å²) < 4.78 is 14.0. The zero-order valence-electron chi connectivity index (χ0n) is 12.3. The molecule has 1 amide bonds. The van der Waals surface area contributed by atoms with Crippen LogP contribution in [0.2, 0.25) is 0 Å². The molecular weight excluding hydrogens is 273 g/mol. The predicted molar refractivity (Wildman–Crippen MR) is 76.4 cm³/mol. The van der Waals surface area contributed by atoms with Crippen LogP contribution >= 0.6 is 0 Å². The Labute approximate surface area is 123 Å². The van der Waals surface area contributed by atoms with E-state index < -0.39 is 23.1 Å². The number of hydrogen-bond donors (Lipinski definition) is 1. The van der Waals surface area contributed by atoms with Crippen LogP contribution in [0.15, 0.2) is 24.3 Å². The van der Waals surface area contributed by atoms with Gasteiger partial charge in [0.05, 0.1) is 11.3 Å². The van der Waals surface area contributed by atoms with Crippen molar-refractivity contribution < 1.29 is 19.1 Å². The zero-order chi connectivity index (χ0) is 15.6. The van der Waals surface area contributed by atoms with Crippen molar-refractivity contribution in [2.75, 3.05) is 13.1 Å². The normalized spacial score (nSPS) is 19.4. The molecular formula is C16H20FNO3. The van der Waals surface area contributed by atoms with E-state index in [0.29, 0.717) is 24.9 Å². The summed E-state index contributed by atoms with van der Waals surface area (Å²) in [6.07, 6.45) is 1.25. The van der Waals surface area contributed by atoms with E-state index in [2.05, 4.69) is 0 Å². The first kappa shape index (κ1) is 15.5. The number of benzene rings is 1. The van der Waals surface area contributed by atoms with E-state index in [9.17, 15) is 14.0 Å². The minimum absolute atomic E-state index is 0.200. The molecule has 1 aliphatic heterocycles. The van der Waals surface area contributed by atoms with Crippen molar-refractivity contribution in [3.05, 3.63) is 35.6 Å². The van der Waals surface area contributed by atoms with Crippen LogP contribution in [0, 0.1) is 11.7 Å². The van der Waals surface area contributed by atoms with E-state index in [1.165, 1.54) is 6.07 Å². The molecule has 21 heavy (non-hydrogen) atoms. The summed E-state index contributed by atoms with van der Waals surface area (Å²) in [5, 5.41) is 9.10. The molecule has 0 spiro atoms. The molecule has 1 aromatic carbocycles. The van der Waals surface area contributed by atoms with Crippen molar-refractivity contribution in [2.45, 2.75) is 32.1 Å². The van der Waals surface area contributed by atoms with Gasteiger partial charge in [-0.3, -0.25) is 9.59 Å². The number of halogens is 1. The molecule has 5 heteroatoms. The van der Waals surface area contributed by atoms with Crippen molar-refractivity contribution >= 4 is 11.9 Å². The van der Waals surface area contributed by atoms with Gasteiger partial charge in [-0.25, -0.2) is 4.39 Å². The third kappa shape index (κ3) is 3.06. The number of carboxylic acids is 1. The Balaban J connectivity index is 2.22. The van der Waals surface area contributed by atoms with E-state index in [0.717, 1.165) is 0 Å². The summed E-state index contributed by atoms with van der Waals surface area (Å²) in [4.78, 5) is 25.4. The lowest BCUT2D eigenvalue weighted by Crippen LogP contribution is -2.49. The largest absolute Gasteiger partial charge is 0.481 e. The second-order valence-corrected chi connectivity index (χ2v) is 6.03. The summed E-state index contributed by atoms with van der Waals surface area (Å²) in [5.41, 5.74) is -0.668. The number of carbonyl (C=O) groups is 2. The van der Waals surface area contributed by atoms with Crippen LogP contribution < -0.4 is 0 Å². The zero-order valence-corrected chi connectivity index (χ0v) is 12.3. The molecule has 0 unspecified atom stereocenters. The molecule has 0 aromatic heterocycles. The highest BCUT2D eigenvalue weighted by Crippen LogP contribution is 2.30. The number of carbonyl (C=O) groups excluding carboxylic acids is 1. The maximum atomic E-state index is 14.0. The topological polar surface area (TPSA) is 57.6 Å². The Bertz CT molecular complexity index is 556. The number of rotatable bonds is 3. The quantitative estimate of drug-likeness (QED) is 0.931. The smallest absolute Gasteiger partial charge is 0.308 e. The Kier molecular flexibility index (Phi) is 4.30. The lowest BCUT2D eigenvalue weighted by atomic mass is 9.82. The highest BCUT2D eigenvalue weighted by atomic mass is 19.1. The molecule has 1 saturated heterocycles. The minimum atomic E-state index is -1.01. The molecule has 4 nitrogen and oxygen atoms in total. The third-order valence-electron chi connectivity index (χ3n) is 4.14. The standard InChI is InChI=1S/C16H20FNO3/c1-16(2,12-7-3-4-8-13(12)17)15(21)18-9-5-6-11(10-18)14(19)20/h3-4,7-8,11H,5-6,9-10H2,1-2H3,(H,19,20)/t11-/m0/s1. The van der Waals surface area contributed by atoms with Crippen LogP contribution in [0.3, 0.4) is 0 Å². The molecule has 0 radical (unpaired) electrons. The SMILES string of the molecule is CC(C)(C(=O)N1CCC[C@H](C(=O)O)C1)c1ccccc1F. The summed E-state index contributed by atoms with van der Waals surface area (Å²) in [6, 6.07) is 6.22. The first-order valence-electron chi connectivity index (χ1n) is 7.11. The van der Waals surface area contributed by atoms with Crippen LogP contribution in [-0.4, -0.2) is 35.0 Å². The fourth-order valence-electron chi connectivity index (χ4n) is 2.84. The molecule has 1 aromatic rings. The van der Waals surface area contributed by atoms with E-state index in [4.69, 9.17) is 5.11 Å². The number of carboxylic acid groups (broad SMARTS) is 1. The molecule has 114 valence electrons. The van der Waals surface area contributed by atoms with E-state index in [-0.39, 0.29) is 12.5 Å². The monoisotopic (exact) mass is 293 g/mol. The Morgan fingerprint density at radius 3 is 2.62 bits per heavy atom. The van der Waals surface area contributed by atoms with Gasteiger partial charge in [-0.1, -0.05) is 18.2 Å². The van der Waals surface area contributed by atoms with E-state index >= 15 is 0 Å². The summed E-state index contributed by atoms with van der Waals surface area (Å²) in [7, 11) is 0. The molecule has 0 bridgehead atoms. The molecule has 0 saturated carbocycles. The number of piperidine rings is 1. The van der Waals surface area contributed by atoms with Gasteiger partial charge < -0.3 is 10.0 Å². The van der Waals surface area contributed by atoms with Gasteiger partial charge in [-0.2, -0.15) is 0 Å². The average Bonchev–Trinajstić information content (AvgIpc) is 2.46. The first-order chi connectivity index (χ1) is 9.84. The van der Waals surface area contributed by atoms with Crippen molar-refractivity contribution in [3.8, 4) is 0 Å². The van der Waals surface area contributed by atoms with Crippen molar-refractivity contribution in [1.29, 1.82) is 0 Å². The van der Waals surface area contributed by atoms with Gasteiger partial charge in [0.25, 0.3) is 0 Å². The van der Waals surface area contributed by atoms with Gasteiger partial charge >= 0.3 is 5.97 Å². The van der Waals surface area contributed by atoms with Crippen LogP contribution in [0.1, 0.15) is 32.3 Å². The summed E-state index contributed by atoms with van der Waals surface area (Å²) >= 11 is 0. The van der Waals surface area contributed by atoms with Crippen LogP contribution in [-0.2, 0) is 15.0 Å². The first-order valence-corrected chi connectivity index (χ1v) is 7.11. The third-order valence-corrected chi connectivity index (χ3v) is 4.14. The number of amides is 1. The van der Waals surface area contributed by atoms with Crippen molar-refractivity contribution in [2.24, 2.45) is 5.92 Å². The fraction of sp³-hybridized carbons (Fsp3) is 0.500. The van der Waals surface area contributed by atoms with E-state index in [1.807, 2.05) is 0 Å². The number of nitrogens with zero attached hydrogens (tertiary/aromatic N) is 1. The molecule has 1 atom stereocenters. The van der Waals surface area contributed by atoms with Gasteiger partial charge in [0.2, 0.25) is 5.91 Å². The highest BCUT2D eigenvalue weighted by molar-refractivity contribution is 5.88. The second-order valence-electron chi connectivity index (χ2n) is 6.03. The Hall–Kier alpha value is -1.91. The van der Waals surface area contributed by atoms with Crippen LogP contribution in [0.5, 0.6) is 0 Å². The number of hydrogen-bond acceptors (Lipinski definition) is 2. The predicted octanol–water partition coefficient (Wildman–Crippen LogP) is 2.43. The summed E-state index contributed by atoms with van der Waals surface area (Å²) in [6.45, 7) is 4.09. The number of likely N-dealkylation sites (tertiary alicyclic amines) is 1. The molecule has 1 aliphatic rings. The van der Waals surface area contributed by atoms with Gasteiger partial charge in [-0.05, 0) is 32.8 Å². The molecule has 2 rings (SSSR count). The average molecular weight is 293 g/mol. The minimum Gasteiger partial charge on any atom is -0.481 e. The van der Waals surface area contributed by atoms with Crippen molar-refractivity contribution in [1.82, 2.24) is 4.90 Å². The Morgan fingerprint density at radius 2 is 2.00 bits per heavy atom. The molecule has 0 aliphatic carbocycles. The van der Waals surface area contributed by atoms with Gasteiger partial charge in [0.15, 0.2) is 0 Å².